The summed E-state index contributed by atoms with van der Waals surface area (Å²) in [5.41, 5.74) is 0. The Hall–Kier alpha value is -3.41. The first-order chi connectivity index (χ1) is 33.5. The van der Waals surface area contributed by atoms with Crippen LogP contribution in [0, 0.1) is 0 Å². The van der Waals surface area contributed by atoms with Crippen LogP contribution in [0.25, 0.3) is 0 Å². The standard InChI is InChI=1S/C62H106O6/c1-4-7-10-13-16-19-22-25-28-30-31-32-35-37-40-43-46-49-52-55-61(64)67-58-59(57-66-60(63)54-51-48-45-42-39-36-33-27-24-21-18-15-12-9-6-3)68-62(65)56-53-50-47-44-41-38-34-29-26-23-20-17-14-11-8-5-2/h7,10,16,19,25,28-29,31-32,34,37,40,46,49,59H,4-6,8-9,11-15,17-18,20-24,26-27,30,33,35-36,38-39,41-45,47-48,50-58H2,1-3H3/b10-7-,19-16-,28-25-,32-31-,34-29-,40-37-,49-46-. The molecule has 0 heterocycles. The van der Waals surface area contributed by atoms with Gasteiger partial charge in [-0.05, 0) is 83.5 Å². The van der Waals surface area contributed by atoms with Crippen LogP contribution < -0.4 is 0 Å². The minimum absolute atomic E-state index is 0.101. The van der Waals surface area contributed by atoms with Gasteiger partial charge in [-0.2, -0.15) is 0 Å². The number of rotatable bonds is 51. The molecule has 0 saturated carbocycles. The number of hydrogen-bond acceptors (Lipinski definition) is 6. The van der Waals surface area contributed by atoms with Crippen molar-refractivity contribution in [2.24, 2.45) is 0 Å². The molecule has 0 aromatic carbocycles. The van der Waals surface area contributed by atoms with Gasteiger partial charge in [-0.15, -0.1) is 0 Å². The third-order valence-corrected chi connectivity index (χ3v) is 12.1. The molecule has 0 aliphatic heterocycles. The van der Waals surface area contributed by atoms with Crippen molar-refractivity contribution in [1.29, 1.82) is 0 Å². The second-order valence-corrected chi connectivity index (χ2v) is 18.8. The van der Waals surface area contributed by atoms with Crippen molar-refractivity contribution in [2.75, 3.05) is 13.2 Å². The molecular formula is C62H106O6. The first kappa shape index (κ1) is 64.6. The smallest absolute Gasteiger partial charge is 0.306 e. The molecule has 0 aliphatic rings. The van der Waals surface area contributed by atoms with Gasteiger partial charge in [0.2, 0.25) is 0 Å². The Balaban J connectivity index is 4.49. The maximum atomic E-state index is 12.8. The molecule has 390 valence electrons. The number of esters is 3. The van der Waals surface area contributed by atoms with E-state index in [1.807, 2.05) is 6.08 Å². The van der Waals surface area contributed by atoms with Crippen LogP contribution in [0.4, 0.5) is 0 Å². The van der Waals surface area contributed by atoms with Crippen molar-refractivity contribution < 1.29 is 28.6 Å². The fourth-order valence-electron chi connectivity index (χ4n) is 7.88. The molecule has 0 rings (SSSR count). The summed E-state index contributed by atoms with van der Waals surface area (Å²) in [7, 11) is 0. The Morgan fingerprint density at radius 2 is 0.603 bits per heavy atom. The van der Waals surface area contributed by atoms with E-state index in [0.717, 1.165) is 89.9 Å². The fraction of sp³-hybridized carbons (Fsp3) is 0.726. The van der Waals surface area contributed by atoms with E-state index in [1.165, 1.54) is 135 Å². The van der Waals surface area contributed by atoms with Crippen LogP contribution in [0.15, 0.2) is 85.1 Å². The maximum Gasteiger partial charge on any atom is 0.306 e. The molecule has 0 bridgehead atoms. The summed E-state index contributed by atoms with van der Waals surface area (Å²) in [4.78, 5) is 38.1. The highest BCUT2D eigenvalue weighted by atomic mass is 16.6. The lowest BCUT2D eigenvalue weighted by Crippen LogP contribution is -2.30. The first-order valence-electron chi connectivity index (χ1n) is 28.6. The molecule has 0 fully saturated rings. The predicted molar refractivity (Wildman–Crippen MR) is 293 cm³/mol. The summed E-state index contributed by atoms with van der Waals surface area (Å²) >= 11 is 0. The monoisotopic (exact) mass is 947 g/mol. The fourth-order valence-corrected chi connectivity index (χ4v) is 7.88. The number of carbonyl (C=O) groups excluding carboxylic acids is 3. The van der Waals surface area contributed by atoms with Crippen molar-refractivity contribution in [3.05, 3.63) is 85.1 Å². The van der Waals surface area contributed by atoms with Crippen LogP contribution in [0.2, 0.25) is 0 Å². The minimum atomic E-state index is -0.810. The van der Waals surface area contributed by atoms with E-state index in [0.29, 0.717) is 19.3 Å². The summed E-state index contributed by atoms with van der Waals surface area (Å²) in [5, 5.41) is 0. The average Bonchev–Trinajstić information content (AvgIpc) is 3.34. The largest absolute Gasteiger partial charge is 0.462 e. The lowest BCUT2D eigenvalue weighted by Gasteiger charge is -2.18. The number of ether oxygens (including phenoxy) is 3. The predicted octanol–water partition coefficient (Wildman–Crippen LogP) is 19.2. The second kappa shape index (κ2) is 56.2. The Morgan fingerprint density at radius 1 is 0.309 bits per heavy atom. The van der Waals surface area contributed by atoms with Gasteiger partial charge in [0.05, 0.1) is 0 Å². The minimum Gasteiger partial charge on any atom is -0.462 e. The Bertz CT molecular complexity index is 1320. The number of carbonyl (C=O) groups is 3. The van der Waals surface area contributed by atoms with Crippen molar-refractivity contribution in [3.63, 3.8) is 0 Å². The van der Waals surface area contributed by atoms with Gasteiger partial charge in [0, 0.05) is 19.3 Å². The second-order valence-electron chi connectivity index (χ2n) is 18.8. The summed E-state index contributed by atoms with van der Waals surface area (Å²) in [6, 6.07) is 0. The van der Waals surface area contributed by atoms with Crippen molar-refractivity contribution in [3.8, 4) is 0 Å². The van der Waals surface area contributed by atoms with Crippen LogP contribution in [-0.2, 0) is 28.6 Å². The SMILES string of the molecule is CC/C=C\C/C=C\C/C=C\C/C=C\C/C=C\C/C=C\CCC(=O)OCC(COC(=O)CCCCCCCCCCCCCCCCC)OC(=O)CCCCCCC/C=C\CCCCCCCCC. The van der Waals surface area contributed by atoms with Crippen molar-refractivity contribution >= 4 is 17.9 Å². The lowest BCUT2D eigenvalue weighted by atomic mass is 10.0. The summed E-state index contributed by atoms with van der Waals surface area (Å²) in [6.07, 6.45) is 73.0. The van der Waals surface area contributed by atoms with Crippen LogP contribution in [0.1, 0.15) is 271 Å². The van der Waals surface area contributed by atoms with E-state index in [2.05, 4.69) is 99.8 Å². The molecule has 0 aromatic heterocycles. The maximum absolute atomic E-state index is 12.8. The molecule has 0 radical (unpaired) electrons. The van der Waals surface area contributed by atoms with Gasteiger partial charge < -0.3 is 14.2 Å². The van der Waals surface area contributed by atoms with E-state index >= 15 is 0 Å². The highest BCUT2D eigenvalue weighted by molar-refractivity contribution is 5.71. The Morgan fingerprint density at radius 3 is 0.985 bits per heavy atom. The molecule has 0 spiro atoms. The molecule has 6 nitrogen and oxygen atoms in total. The van der Waals surface area contributed by atoms with Gasteiger partial charge in [0.15, 0.2) is 6.10 Å². The zero-order valence-electron chi connectivity index (χ0n) is 44.6. The van der Waals surface area contributed by atoms with E-state index in [-0.39, 0.29) is 37.5 Å². The third-order valence-electron chi connectivity index (χ3n) is 12.1. The van der Waals surface area contributed by atoms with Crippen LogP contribution >= 0.6 is 0 Å². The summed E-state index contributed by atoms with van der Waals surface area (Å²) in [5.74, 6) is -0.990. The molecule has 0 amide bonds. The lowest BCUT2D eigenvalue weighted by molar-refractivity contribution is -0.166. The van der Waals surface area contributed by atoms with Crippen molar-refractivity contribution in [1.82, 2.24) is 0 Å². The van der Waals surface area contributed by atoms with E-state index in [1.54, 1.807) is 0 Å². The number of allylic oxidation sites excluding steroid dienone is 14. The van der Waals surface area contributed by atoms with Gasteiger partial charge in [-0.25, -0.2) is 0 Å². The van der Waals surface area contributed by atoms with E-state index < -0.39 is 6.10 Å². The van der Waals surface area contributed by atoms with Gasteiger partial charge in [0.1, 0.15) is 13.2 Å². The highest BCUT2D eigenvalue weighted by Crippen LogP contribution is 2.15. The molecule has 0 aliphatic carbocycles. The van der Waals surface area contributed by atoms with Crippen molar-refractivity contribution in [2.45, 2.75) is 277 Å². The molecule has 1 atom stereocenters. The summed E-state index contributed by atoms with van der Waals surface area (Å²) in [6.45, 7) is 6.47. The first-order valence-corrected chi connectivity index (χ1v) is 28.6. The van der Waals surface area contributed by atoms with Crippen LogP contribution in [-0.4, -0.2) is 37.2 Å². The van der Waals surface area contributed by atoms with E-state index in [4.69, 9.17) is 14.2 Å². The van der Waals surface area contributed by atoms with Gasteiger partial charge in [-0.1, -0.05) is 254 Å². The van der Waals surface area contributed by atoms with Crippen LogP contribution in [0.5, 0.6) is 0 Å². The molecule has 0 N–H and O–H groups in total. The molecular weight excluding hydrogens is 841 g/mol. The molecule has 0 saturated heterocycles. The van der Waals surface area contributed by atoms with Gasteiger partial charge >= 0.3 is 17.9 Å². The van der Waals surface area contributed by atoms with Crippen LogP contribution in [0.3, 0.4) is 0 Å². The topological polar surface area (TPSA) is 78.9 Å². The van der Waals surface area contributed by atoms with Gasteiger partial charge in [0.25, 0.3) is 0 Å². The molecule has 68 heavy (non-hydrogen) atoms. The Kier molecular flexibility index (Phi) is 53.4. The Labute approximate surface area is 420 Å². The quantitative estimate of drug-likeness (QED) is 0.0262. The zero-order chi connectivity index (χ0) is 49.3. The number of unbranched alkanes of at least 4 members (excludes halogenated alkanes) is 26. The highest BCUT2D eigenvalue weighted by Gasteiger charge is 2.19. The average molecular weight is 948 g/mol. The normalized spacial score (nSPS) is 12.7. The third kappa shape index (κ3) is 53.5. The van der Waals surface area contributed by atoms with Gasteiger partial charge in [-0.3, -0.25) is 14.4 Å². The molecule has 1 unspecified atom stereocenters. The number of hydrogen-bond donors (Lipinski definition) is 0. The zero-order valence-corrected chi connectivity index (χ0v) is 44.6. The van der Waals surface area contributed by atoms with E-state index in [9.17, 15) is 14.4 Å². The summed E-state index contributed by atoms with van der Waals surface area (Å²) < 4.78 is 16.8. The molecule has 6 heteroatoms. The molecule has 0 aromatic rings.